The molecule has 4 nitrogen and oxygen atoms in total. The predicted molar refractivity (Wildman–Crippen MR) is 255 cm³/mol. The molecule has 58 heavy (non-hydrogen) atoms. The Hall–Kier alpha value is -1.06. The quantitative estimate of drug-likeness (QED) is 0.0453. The second-order valence-corrected chi connectivity index (χ2v) is 18.5. The summed E-state index contributed by atoms with van der Waals surface area (Å²) in [5.74, 6) is -0.238. The van der Waals surface area contributed by atoms with Crippen molar-refractivity contribution in [3.8, 4) is 0 Å². The number of esters is 2. The third kappa shape index (κ3) is 51.1. The molecule has 346 valence electrons. The van der Waals surface area contributed by atoms with Gasteiger partial charge in [0.25, 0.3) is 0 Å². The Kier molecular flexibility index (Phi) is 51.1. The van der Waals surface area contributed by atoms with Crippen LogP contribution >= 0.6 is 0 Å². The highest BCUT2D eigenvalue weighted by molar-refractivity contribution is 5.70. The van der Waals surface area contributed by atoms with Gasteiger partial charge in [-0.15, -0.1) is 0 Å². The number of unbranched alkanes of at least 4 members (excludes halogenated alkanes) is 43. The summed E-state index contributed by atoms with van der Waals surface area (Å²) >= 11 is 0. The van der Waals surface area contributed by atoms with Gasteiger partial charge >= 0.3 is 11.9 Å². The van der Waals surface area contributed by atoms with E-state index in [0.717, 1.165) is 25.7 Å². The summed E-state index contributed by atoms with van der Waals surface area (Å²) in [5.41, 5.74) is 0. The van der Waals surface area contributed by atoms with Gasteiger partial charge in [0.2, 0.25) is 0 Å². The maximum absolute atomic E-state index is 12.1. The van der Waals surface area contributed by atoms with Crippen LogP contribution in [0.15, 0.2) is 0 Å². The van der Waals surface area contributed by atoms with Crippen LogP contribution in [0.25, 0.3) is 0 Å². The Morgan fingerprint density at radius 2 is 0.379 bits per heavy atom. The average molecular weight is 819 g/mol. The minimum Gasteiger partial charge on any atom is -0.466 e. The number of carbonyl (C=O) groups excluding carboxylic acids is 2. The van der Waals surface area contributed by atoms with Crippen molar-refractivity contribution in [1.29, 1.82) is 0 Å². The van der Waals surface area contributed by atoms with Crippen molar-refractivity contribution in [1.82, 2.24) is 0 Å². The highest BCUT2D eigenvalue weighted by atomic mass is 16.5. The monoisotopic (exact) mass is 819 g/mol. The molecule has 0 bridgehead atoms. The molecule has 0 radical (unpaired) electrons. The van der Waals surface area contributed by atoms with E-state index in [2.05, 4.69) is 13.8 Å². The molecule has 0 aliphatic carbocycles. The third-order valence-corrected chi connectivity index (χ3v) is 12.5. The Bertz CT molecular complexity index is 717. The number of hydrogen-bond donors (Lipinski definition) is 0. The molecule has 0 unspecified atom stereocenters. The minimum atomic E-state index is -0.119. The Morgan fingerprint density at radius 3 is 0.552 bits per heavy atom. The lowest BCUT2D eigenvalue weighted by atomic mass is 10.0. The van der Waals surface area contributed by atoms with Crippen LogP contribution in [0, 0.1) is 0 Å². The first kappa shape index (κ1) is 56.9. The van der Waals surface area contributed by atoms with Gasteiger partial charge in [-0.05, 0) is 25.7 Å². The topological polar surface area (TPSA) is 52.6 Å². The molecule has 0 spiro atoms. The number of hydrogen-bond acceptors (Lipinski definition) is 4. The largest absolute Gasteiger partial charge is 0.466 e. The van der Waals surface area contributed by atoms with Gasteiger partial charge in [0, 0.05) is 12.8 Å². The first-order chi connectivity index (χ1) is 28.7. The summed E-state index contributed by atoms with van der Waals surface area (Å²) in [6.45, 7) is 5.67. The van der Waals surface area contributed by atoms with Gasteiger partial charge in [-0.25, -0.2) is 0 Å². The van der Waals surface area contributed by atoms with E-state index in [0.29, 0.717) is 38.9 Å². The Morgan fingerprint density at radius 1 is 0.224 bits per heavy atom. The van der Waals surface area contributed by atoms with Gasteiger partial charge < -0.3 is 9.47 Å². The van der Waals surface area contributed by atoms with E-state index in [1.165, 1.54) is 257 Å². The van der Waals surface area contributed by atoms with Gasteiger partial charge in [0.15, 0.2) is 0 Å². The zero-order chi connectivity index (χ0) is 41.9. The summed E-state index contributed by atoms with van der Waals surface area (Å²) in [4.78, 5) is 24.1. The van der Waals surface area contributed by atoms with Crippen LogP contribution in [0.2, 0.25) is 0 Å². The molecule has 0 aromatic rings. The lowest BCUT2D eigenvalue weighted by Crippen LogP contribution is -2.08. The first-order valence-electron chi connectivity index (χ1n) is 27.0. The van der Waals surface area contributed by atoms with Crippen LogP contribution in [-0.4, -0.2) is 25.2 Å². The maximum atomic E-state index is 12.1. The van der Waals surface area contributed by atoms with Gasteiger partial charge in [0.05, 0.1) is 13.2 Å². The number of ether oxygens (including phenoxy) is 2. The molecule has 0 fully saturated rings. The zero-order valence-electron chi connectivity index (χ0n) is 40.0. The fraction of sp³-hybridized carbons (Fsp3) is 0.963. The van der Waals surface area contributed by atoms with Gasteiger partial charge in [-0.3, -0.25) is 9.59 Å². The normalized spacial score (nSPS) is 11.4. The molecule has 0 aliphatic rings. The summed E-state index contributed by atoms with van der Waals surface area (Å²) in [5, 5.41) is 0. The second kappa shape index (κ2) is 52.1. The Balaban J connectivity index is 3.23. The van der Waals surface area contributed by atoms with Crippen molar-refractivity contribution >= 4 is 11.9 Å². The molecule has 0 amide bonds. The SMILES string of the molecule is CCCCCCCCCCCCCCCCCCCCCCCCOC(=O)CCCCC(=O)OCCCCCCCCCCCCCCCCCCCCCCCC. The van der Waals surface area contributed by atoms with Crippen molar-refractivity contribution in [3.05, 3.63) is 0 Å². The fourth-order valence-electron chi connectivity index (χ4n) is 8.48. The molecule has 0 N–H and O–H groups in total. The lowest BCUT2D eigenvalue weighted by Gasteiger charge is -2.06. The maximum Gasteiger partial charge on any atom is 0.305 e. The van der Waals surface area contributed by atoms with E-state index >= 15 is 0 Å². The minimum absolute atomic E-state index is 0.119. The molecule has 0 aromatic carbocycles. The molecule has 0 rings (SSSR count). The average Bonchev–Trinajstić information content (AvgIpc) is 3.23. The highest BCUT2D eigenvalue weighted by Crippen LogP contribution is 2.17. The summed E-state index contributed by atoms with van der Waals surface area (Å²) < 4.78 is 10.8. The summed E-state index contributed by atoms with van der Waals surface area (Å²) in [6.07, 6.45) is 63.0. The molecule has 0 aromatic heterocycles. The highest BCUT2D eigenvalue weighted by Gasteiger charge is 2.07. The molecule has 0 atom stereocenters. The molecule has 0 heterocycles. The number of carbonyl (C=O) groups is 2. The molecule has 0 aliphatic heterocycles. The van der Waals surface area contributed by atoms with Crippen LogP contribution < -0.4 is 0 Å². The van der Waals surface area contributed by atoms with Crippen LogP contribution in [0.1, 0.15) is 322 Å². The van der Waals surface area contributed by atoms with Crippen molar-refractivity contribution in [2.45, 2.75) is 322 Å². The Labute approximate surface area is 365 Å². The third-order valence-electron chi connectivity index (χ3n) is 12.5. The molecular weight excluding hydrogens is 713 g/mol. The molecule has 0 saturated carbocycles. The predicted octanol–water partition coefficient (Wildman–Crippen LogP) is 18.8. The van der Waals surface area contributed by atoms with Crippen LogP contribution in [0.5, 0.6) is 0 Å². The standard InChI is InChI=1S/C54H106O4/c1-3-5-7-9-11-13-15-17-19-21-23-25-27-29-31-33-35-37-39-41-43-47-51-57-53(55)49-45-46-50-54(56)58-52-48-44-42-40-38-36-34-32-30-28-26-24-22-20-18-16-14-12-10-8-6-4-2/h3-52H2,1-2H3. The fourth-order valence-corrected chi connectivity index (χ4v) is 8.48. The van der Waals surface area contributed by atoms with Crippen LogP contribution in [-0.2, 0) is 19.1 Å². The van der Waals surface area contributed by atoms with Crippen molar-refractivity contribution in [2.75, 3.05) is 13.2 Å². The van der Waals surface area contributed by atoms with E-state index in [1.54, 1.807) is 0 Å². The summed E-state index contributed by atoms with van der Waals surface area (Å²) in [7, 11) is 0. The number of rotatable bonds is 51. The van der Waals surface area contributed by atoms with E-state index in [1.807, 2.05) is 0 Å². The van der Waals surface area contributed by atoms with Crippen molar-refractivity contribution in [3.63, 3.8) is 0 Å². The van der Waals surface area contributed by atoms with Crippen molar-refractivity contribution in [2.24, 2.45) is 0 Å². The van der Waals surface area contributed by atoms with Gasteiger partial charge in [-0.1, -0.05) is 284 Å². The van der Waals surface area contributed by atoms with Crippen molar-refractivity contribution < 1.29 is 19.1 Å². The zero-order valence-corrected chi connectivity index (χ0v) is 40.0. The second-order valence-electron chi connectivity index (χ2n) is 18.5. The lowest BCUT2D eigenvalue weighted by molar-refractivity contribution is -0.146. The van der Waals surface area contributed by atoms with E-state index in [4.69, 9.17) is 9.47 Å². The van der Waals surface area contributed by atoms with E-state index in [9.17, 15) is 9.59 Å². The molecular formula is C54H106O4. The van der Waals surface area contributed by atoms with Gasteiger partial charge in [0.1, 0.15) is 0 Å². The first-order valence-corrected chi connectivity index (χ1v) is 27.0. The molecule has 4 heteroatoms. The van der Waals surface area contributed by atoms with Crippen LogP contribution in [0.4, 0.5) is 0 Å². The van der Waals surface area contributed by atoms with E-state index < -0.39 is 0 Å². The van der Waals surface area contributed by atoms with E-state index in [-0.39, 0.29) is 11.9 Å². The summed E-state index contributed by atoms with van der Waals surface area (Å²) in [6, 6.07) is 0. The van der Waals surface area contributed by atoms with Crippen LogP contribution in [0.3, 0.4) is 0 Å². The molecule has 0 saturated heterocycles. The smallest absolute Gasteiger partial charge is 0.305 e. The van der Waals surface area contributed by atoms with Gasteiger partial charge in [-0.2, -0.15) is 0 Å².